The van der Waals surface area contributed by atoms with Crippen LogP contribution in [-0.4, -0.2) is 49.8 Å². The second-order valence-electron chi connectivity index (χ2n) is 10.7. The van der Waals surface area contributed by atoms with Gasteiger partial charge in [0.05, 0.1) is 47.5 Å². The number of carbonyl (C=O) groups excluding carboxylic acids is 4. The molecule has 0 amide bonds. The minimum atomic E-state index is -4.50. The quantitative estimate of drug-likeness (QED) is 0.0664. The number of rotatable bonds is 16. The van der Waals surface area contributed by atoms with Crippen LogP contribution >= 0.6 is 31.9 Å². The largest absolute Gasteiger partial charge is 0.417 e. The molecule has 2 N–H and O–H groups in total. The first-order valence-corrected chi connectivity index (χ1v) is 16.3. The fourth-order valence-electron chi connectivity index (χ4n) is 4.29. The maximum Gasteiger partial charge on any atom is 0.417 e. The number of hydrogen-bond acceptors (Lipinski definition) is 9. The van der Waals surface area contributed by atoms with E-state index in [9.17, 15) is 36.7 Å². The Morgan fingerprint density at radius 1 is 0.640 bits per heavy atom. The molecule has 0 heterocycles. The zero-order chi connectivity index (χ0) is 36.3. The molecule has 0 spiro atoms. The van der Waals surface area contributed by atoms with Crippen LogP contribution in [0.1, 0.15) is 37.4 Å². The van der Waals surface area contributed by atoms with Gasteiger partial charge in [0.25, 0.3) is 0 Å². The van der Waals surface area contributed by atoms with Gasteiger partial charge in [-0.1, -0.05) is 40.2 Å². The molecule has 0 aliphatic carbocycles. The number of nitrogens with one attached hydrogen (secondary N) is 2. The van der Waals surface area contributed by atoms with Crippen LogP contribution in [0.15, 0.2) is 93.9 Å². The highest BCUT2D eigenvalue weighted by Crippen LogP contribution is 2.35. The summed E-state index contributed by atoms with van der Waals surface area (Å²) in [6.45, 7) is -0.749. The molecule has 262 valence electrons. The van der Waals surface area contributed by atoms with E-state index < -0.39 is 29.5 Å². The smallest absolute Gasteiger partial charge is 0.386 e. The molecule has 4 rings (SSSR count). The molecule has 0 unspecified atom stereocenters. The Hall–Kier alpha value is -4.44. The summed E-state index contributed by atoms with van der Waals surface area (Å²) in [5.41, 5.74) is 1.21. The summed E-state index contributed by atoms with van der Waals surface area (Å²) in [6.07, 6.45) is -4.50. The van der Waals surface area contributed by atoms with Gasteiger partial charge < -0.3 is 24.8 Å². The lowest BCUT2D eigenvalue weighted by molar-refractivity contribution is -0.138. The average molecular weight is 824 g/mol. The minimum absolute atomic E-state index is 0.0350. The van der Waals surface area contributed by atoms with Crippen LogP contribution in [0.2, 0.25) is 0 Å². The van der Waals surface area contributed by atoms with E-state index in [-0.39, 0.29) is 66.7 Å². The van der Waals surface area contributed by atoms with E-state index in [1.54, 1.807) is 30.3 Å². The van der Waals surface area contributed by atoms with Crippen molar-refractivity contribution in [1.82, 2.24) is 0 Å². The van der Waals surface area contributed by atoms with E-state index >= 15 is 0 Å². The molecule has 0 atom stereocenters. The van der Waals surface area contributed by atoms with E-state index in [0.29, 0.717) is 27.0 Å². The van der Waals surface area contributed by atoms with Crippen molar-refractivity contribution in [2.75, 3.05) is 36.9 Å². The number of alkyl halides is 3. The van der Waals surface area contributed by atoms with E-state index in [0.717, 1.165) is 6.07 Å². The molecular weight excluding hydrogens is 796 g/mol. The van der Waals surface area contributed by atoms with Gasteiger partial charge in [-0.25, -0.2) is 14.0 Å². The number of halogens is 6. The van der Waals surface area contributed by atoms with Crippen molar-refractivity contribution in [1.29, 1.82) is 0 Å². The topological polar surface area (TPSA) is 120 Å². The molecule has 0 radical (unpaired) electrons. The normalized spacial score (nSPS) is 11.2. The summed E-state index contributed by atoms with van der Waals surface area (Å²) in [4.78, 5) is 50.0. The van der Waals surface area contributed by atoms with Gasteiger partial charge in [0.2, 0.25) is 0 Å². The second kappa shape index (κ2) is 18.0. The number of ketones is 2. The number of esters is 2. The van der Waals surface area contributed by atoms with Crippen molar-refractivity contribution in [3.05, 3.63) is 128 Å². The SMILES string of the molecule is O=C(CNc1cccc(C(=O)OC(=O)c2cccc(NCC(=O)COCc3ccc(C(F)(F)F)c(Br)c3)c2)c1)COCc1ccc(F)c(Br)c1. The van der Waals surface area contributed by atoms with Gasteiger partial charge in [0, 0.05) is 15.8 Å². The molecule has 0 bridgehead atoms. The van der Waals surface area contributed by atoms with Gasteiger partial charge in [-0.2, -0.15) is 13.2 Å². The van der Waals surface area contributed by atoms with Crippen LogP contribution in [-0.2, 0) is 43.2 Å². The molecular formula is C35H28Br2F4N2O7. The lowest BCUT2D eigenvalue weighted by Crippen LogP contribution is -2.20. The third kappa shape index (κ3) is 11.9. The molecule has 15 heteroatoms. The lowest BCUT2D eigenvalue weighted by atomic mass is 10.1. The average Bonchev–Trinajstić information content (AvgIpc) is 3.07. The number of ether oxygens (including phenoxy) is 3. The van der Waals surface area contributed by atoms with Crippen molar-refractivity contribution in [3.8, 4) is 0 Å². The predicted octanol–water partition coefficient (Wildman–Crippen LogP) is 7.76. The van der Waals surface area contributed by atoms with Gasteiger partial charge >= 0.3 is 18.1 Å². The lowest BCUT2D eigenvalue weighted by Gasteiger charge is -2.11. The van der Waals surface area contributed by atoms with Crippen molar-refractivity contribution >= 4 is 66.7 Å². The molecule has 0 saturated heterocycles. The molecule has 4 aromatic carbocycles. The maximum absolute atomic E-state index is 13.4. The highest BCUT2D eigenvalue weighted by molar-refractivity contribution is 9.10. The van der Waals surface area contributed by atoms with Crippen LogP contribution in [0.5, 0.6) is 0 Å². The molecule has 4 aromatic rings. The van der Waals surface area contributed by atoms with Crippen molar-refractivity contribution < 1.29 is 51.0 Å². The Labute approximate surface area is 300 Å². The molecule has 9 nitrogen and oxygen atoms in total. The summed E-state index contributed by atoms with van der Waals surface area (Å²) in [5.74, 6) is -2.90. The second-order valence-corrected chi connectivity index (χ2v) is 12.4. The summed E-state index contributed by atoms with van der Waals surface area (Å²) >= 11 is 5.99. The zero-order valence-electron chi connectivity index (χ0n) is 26.0. The number of hydrogen-bond donors (Lipinski definition) is 2. The van der Waals surface area contributed by atoms with Crippen LogP contribution in [0.3, 0.4) is 0 Å². The molecule has 0 aromatic heterocycles. The highest BCUT2D eigenvalue weighted by Gasteiger charge is 2.32. The predicted molar refractivity (Wildman–Crippen MR) is 182 cm³/mol. The van der Waals surface area contributed by atoms with Gasteiger partial charge in [-0.05, 0) is 87.7 Å². The van der Waals surface area contributed by atoms with E-state index in [4.69, 9.17) is 14.2 Å². The van der Waals surface area contributed by atoms with Crippen molar-refractivity contribution in [2.45, 2.75) is 19.4 Å². The third-order valence-electron chi connectivity index (χ3n) is 6.75. The fraction of sp³-hybridized carbons (Fsp3) is 0.200. The van der Waals surface area contributed by atoms with E-state index in [1.165, 1.54) is 48.5 Å². The Morgan fingerprint density at radius 2 is 1.12 bits per heavy atom. The van der Waals surface area contributed by atoms with E-state index in [1.807, 2.05) is 0 Å². The Kier molecular flexibility index (Phi) is 13.8. The Morgan fingerprint density at radius 3 is 1.58 bits per heavy atom. The maximum atomic E-state index is 13.4. The molecule has 0 aliphatic heterocycles. The number of benzene rings is 4. The highest BCUT2D eigenvalue weighted by atomic mass is 79.9. The van der Waals surface area contributed by atoms with Gasteiger partial charge in [-0.3, -0.25) is 9.59 Å². The van der Waals surface area contributed by atoms with Gasteiger partial charge in [0.15, 0.2) is 11.6 Å². The summed E-state index contributed by atoms with van der Waals surface area (Å²) < 4.78 is 68.0. The Balaban J connectivity index is 1.19. The molecule has 0 saturated carbocycles. The summed E-state index contributed by atoms with van der Waals surface area (Å²) in [5, 5.41) is 5.73. The van der Waals surface area contributed by atoms with Crippen molar-refractivity contribution in [2.24, 2.45) is 0 Å². The zero-order valence-corrected chi connectivity index (χ0v) is 29.1. The molecule has 50 heavy (non-hydrogen) atoms. The first-order chi connectivity index (χ1) is 23.8. The van der Waals surface area contributed by atoms with Crippen LogP contribution in [0.25, 0.3) is 0 Å². The first kappa shape index (κ1) is 38.4. The standard InChI is InChI=1S/C35H28Br2F4N2O7/c36-30-11-21(7-9-29(30)35(39,40)41)17-48-19-27(44)15-42-25-5-1-3-23(13-25)33(46)50-34(47)24-4-2-6-26(14-24)43-16-28(45)20-49-18-22-8-10-32(38)31(37)12-22/h1-14,42-43H,15-20H2. The number of anilines is 2. The monoisotopic (exact) mass is 822 g/mol. The van der Waals surface area contributed by atoms with Gasteiger partial charge in [0.1, 0.15) is 19.0 Å². The fourth-order valence-corrected chi connectivity index (χ4v) is 5.37. The first-order valence-electron chi connectivity index (χ1n) is 14.7. The summed E-state index contributed by atoms with van der Waals surface area (Å²) in [7, 11) is 0. The van der Waals surface area contributed by atoms with E-state index in [2.05, 4.69) is 42.5 Å². The van der Waals surface area contributed by atoms with Crippen LogP contribution < -0.4 is 10.6 Å². The minimum Gasteiger partial charge on any atom is -0.386 e. The van der Waals surface area contributed by atoms with Crippen molar-refractivity contribution in [3.63, 3.8) is 0 Å². The van der Waals surface area contributed by atoms with Crippen LogP contribution in [0.4, 0.5) is 28.9 Å². The van der Waals surface area contributed by atoms with Crippen LogP contribution in [0, 0.1) is 5.82 Å². The van der Waals surface area contributed by atoms with Gasteiger partial charge in [-0.15, -0.1) is 0 Å². The third-order valence-corrected chi connectivity index (χ3v) is 8.01. The number of carbonyl (C=O) groups is 4. The summed E-state index contributed by atoms with van der Waals surface area (Å²) in [6, 6.07) is 19.8. The molecule has 0 fully saturated rings. The Bertz CT molecular complexity index is 1870. The molecule has 0 aliphatic rings. The number of Topliss-reactive ketones (excluding diaryl/α,β-unsaturated/α-hetero) is 2.